The van der Waals surface area contributed by atoms with Crippen molar-refractivity contribution < 1.29 is 8.42 Å². The molecule has 1 unspecified atom stereocenters. The average Bonchev–Trinajstić information content (AvgIpc) is 3.21. The first-order chi connectivity index (χ1) is 11.9. The Morgan fingerprint density at radius 2 is 1.92 bits per heavy atom. The molecule has 2 aromatic rings. The molecule has 7 heteroatoms. The van der Waals surface area contributed by atoms with Gasteiger partial charge in [0.25, 0.3) is 0 Å². The number of hydrogen-bond donors (Lipinski definition) is 0. The fourth-order valence-electron chi connectivity index (χ4n) is 2.78. The number of thioether (sulfide) groups is 1. The minimum Gasteiger partial charge on any atom is -0.269 e. The maximum absolute atomic E-state index is 12.2. The number of sulfonamides is 1. The predicted octanol–water partition coefficient (Wildman–Crippen LogP) is 3.95. The second kappa shape index (κ2) is 7.95. The molecule has 1 aliphatic heterocycles. The van der Waals surface area contributed by atoms with Crippen LogP contribution in [0.3, 0.4) is 0 Å². The maximum atomic E-state index is 12.2. The summed E-state index contributed by atoms with van der Waals surface area (Å²) in [5.41, 5.74) is 2.25. The van der Waals surface area contributed by atoms with E-state index < -0.39 is 10.0 Å². The van der Waals surface area contributed by atoms with E-state index in [0.29, 0.717) is 0 Å². The van der Waals surface area contributed by atoms with Crippen LogP contribution in [0.25, 0.3) is 0 Å². The molecule has 1 aliphatic rings. The second-order valence-electron chi connectivity index (χ2n) is 6.11. The molecule has 0 spiro atoms. The molecule has 3 rings (SSSR count). The van der Waals surface area contributed by atoms with Crippen LogP contribution < -0.4 is 0 Å². The average molecular weight is 395 g/mol. The van der Waals surface area contributed by atoms with E-state index in [0.717, 1.165) is 24.4 Å². The van der Waals surface area contributed by atoms with Gasteiger partial charge in [-0.3, -0.25) is 4.90 Å². The van der Waals surface area contributed by atoms with Gasteiger partial charge in [-0.2, -0.15) is 11.3 Å². The molecule has 0 radical (unpaired) electrons. The fourth-order valence-corrected chi connectivity index (χ4v) is 5.96. The van der Waals surface area contributed by atoms with Crippen LogP contribution in [0, 0.1) is 0 Å². The van der Waals surface area contributed by atoms with Crippen LogP contribution in [0.5, 0.6) is 0 Å². The van der Waals surface area contributed by atoms with Crippen LogP contribution in [-0.4, -0.2) is 35.9 Å². The van der Waals surface area contributed by atoms with Crippen LogP contribution in [0.2, 0.25) is 0 Å². The smallest absolute Gasteiger partial charge is 0.233 e. The van der Waals surface area contributed by atoms with E-state index in [1.54, 1.807) is 29.3 Å². The third-order valence-electron chi connectivity index (χ3n) is 4.01. The minimum absolute atomic E-state index is 0.228. The Kier molecular flexibility index (Phi) is 5.89. The van der Waals surface area contributed by atoms with Crippen LogP contribution in [0.4, 0.5) is 0 Å². The van der Waals surface area contributed by atoms with E-state index in [4.69, 9.17) is 0 Å². The normalized spacial score (nSPS) is 18.0. The summed E-state index contributed by atoms with van der Waals surface area (Å²) in [6.45, 7) is 3.48. The number of hydrogen-bond acceptors (Lipinski definition) is 5. The molecule has 2 heterocycles. The molecule has 0 fully saturated rings. The highest BCUT2D eigenvalue weighted by Gasteiger charge is 2.34. The van der Waals surface area contributed by atoms with Gasteiger partial charge >= 0.3 is 0 Å². The van der Waals surface area contributed by atoms with Crippen LogP contribution in [-0.2, 0) is 23.0 Å². The van der Waals surface area contributed by atoms with Gasteiger partial charge in [0.15, 0.2) is 0 Å². The monoisotopic (exact) mass is 394 g/mol. The van der Waals surface area contributed by atoms with E-state index in [2.05, 4.69) is 33.9 Å². The Bertz CT molecular complexity index is 817. The lowest BCUT2D eigenvalue weighted by Gasteiger charge is -2.34. The van der Waals surface area contributed by atoms with Gasteiger partial charge in [-0.15, -0.1) is 0 Å². The molecule has 1 aromatic carbocycles. The molecule has 0 amide bonds. The number of allylic oxidation sites excluding steroid dienone is 1. The molecule has 1 aromatic heterocycles. The van der Waals surface area contributed by atoms with Crippen LogP contribution in [0.1, 0.15) is 18.1 Å². The SMILES string of the molecule is CC1=CN(S(C)(=O)=O)C(N(CCc2ccsc2)Cc2ccccc2)S1. The lowest BCUT2D eigenvalue weighted by atomic mass is 10.2. The molecule has 0 bridgehead atoms. The van der Waals surface area contributed by atoms with Crippen molar-refractivity contribution in [2.75, 3.05) is 12.8 Å². The zero-order valence-electron chi connectivity index (χ0n) is 14.3. The molecule has 25 heavy (non-hydrogen) atoms. The number of benzene rings is 1. The van der Waals surface area contributed by atoms with Crippen molar-refractivity contribution in [3.63, 3.8) is 0 Å². The van der Waals surface area contributed by atoms with Crippen molar-refractivity contribution in [2.45, 2.75) is 25.4 Å². The standard InChI is InChI=1S/C18H22N2O2S3/c1-15-12-20(25(2,21)22)18(24-15)19(10-8-17-9-11-23-14-17)13-16-6-4-3-5-7-16/h3-7,9,11-12,14,18H,8,10,13H2,1-2H3. The molecule has 0 N–H and O–H groups in total. The van der Waals surface area contributed by atoms with E-state index in [1.807, 2.05) is 25.1 Å². The topological polar surface area (TPSA) is 40.6 Å². The van der Waals surface area contributed by atoms with Gasteiger partial charge in [0.05, 0.1) is 6.26 Å². The van der Waals surface area contributed by atoms with Gasteiger partial charge in [-0.1, -0.05) is 42.1 Å². The van der Waals surface area contributed by atoms with Crippen molar-refractivity contribution in [2.24, 2.45) is 0 Å². The molecule has 4 nitrogen and oxygen atoms in total. The van der Waals surface area contributed by atoms with E-state index >= 15 is 0 Å². The molecule has 1 atom stereocenters. The van der Waals surface area contributed by atoms with Crippen molar-refractivity contribution in [1.29, 1.82) is 0 Å². The van der Waals surface area contributed by atoms with Gasteiger partial charge in [-0.25, -0.2) is 12.7 Å². The Labute approximate surface area is 158 Å². The first-order valence-electron chi connectivity index (χ1n) is 8.06. The van der Waals surface area contributed by atoms with Crippen molar-refractivity contribution in [1.82, 2.24) is 9.21 Å². The van der Waals surface area contributed by atoms with E-state index in [-0.39, 0.29) is 5.50 Å². The first-order valence-corrected chi connectivity index (χ1v) is 11.7. The first kappa shape index (κ1) is 18.5. The summed E-state index contributed by atoms with van der Waals surface area (Å²) in [5, 5.41) is 4.23. The lowest BCUT2D eigenvalue weighted by molar-refractivity contribution is 0.190. The third-order valence-corrected chi connectivity index (χ3v) is 7.16. The number of nitrogens with zero attached hydrogens (tertiary/aromatic N) is 2. The number of rotatable bonds is 7. The highest BCUT2D eigenvalue weighted by Crippen LogP contribution is 2.36. The highest BCUT2D eigenvalue weighted by atomic mass is 32.2. The van der Waals surface area contributed by atoms with Crippen LogP contribution in [0.15, 0.2) is 58.3 Å². The zero-order chi connectivity index (χ0) is 17.9. The van der Waals surface area contributed by atoms with E-state index in [1.165, 1.54) is 21.7 Å². The maximum Gasteiger partial charge on any atom is 0.233 e. The molecular weight excluding hydrogens is 372 g/mol. The zero-order valence-corrected chi connectivity index (χ0v) is 16.8. The van der Waals surface area contributed by atoms with Gasteiger partial charge < -0.3 is 0 Å². The van der Waals surface area contributed by atoms with Crippen molar-refractivity contribution in [3.05, 3.63) is 69.4 Å². The number of thiophene rings is 1. The highest BCUT2D eigenvalue weighted by molar-refractivity contribution is 8.04. The summed E-state index contributed by atoms with van der Waals surface area (Å²) in [6, 6.07) is 12.3. The van der Waals surface area contributed by atoms with Gasteiger partial charge in [0.2, 0.25) is 10.0 Å². The summed E-state index contributed by atoms with van der Waals surface area (Å²) in [6.07, 6.45) is 3.92. The molecule has 0 aliphatic carbocycles. The Morgan fingerprint density at radius 3 is 2.56 bits per heavy atom. The summed E-state index contributed by atoms with van der Waals surface area (Å²) in [5.74, 6) is 0. The summed E-state index contributed by atoms with van der Waals surface area (Å²) >= 11 is 3.29. The quantitative estimate of drug-likeness (QED) is 0.713. The van der Waals surface area contributed by atoms with Crippen molar-refractivity contribution >= 4 is 33.1 Å². The lowest BCUT2D eigenvalue weighted by Crippen LogP contribution is -2.44. The van der Waals surface area contributed by atoms with Gasteiger partial charge in [0.1, 0.15) is 5.50 Å². The third kappa shape index (κ3) is 4.88. The van der Waals surface area contributed by atoms with Gasteiger partial charge in [0, 0.05) is 24.2 Å². The largest absolute Gasteiger partial charge is 0.269 e. The summed E-state index contributed by atoms with van der Waals surface area (Å²) < 4.78 is 25.9. The molecule has 0 saturated carbocycles. The Hall–Kier alpha value is -1.28. The van der Waals surface area contributed by atoms with Crippen molar-refractivity contribution in [3.8, 4) is 0 Å². The predicted molar refractivity (Wildman–Crippen MR) is 107 cm³/mol. The second-order valence-corrected chi connectivity index (χ2v) is 10.1. The van der Waals surface area contributed by atoms with E-state index in [9.17, 15) is 8.42 Å². The molecule has 0 saturated heterocycles. The Morgan fingerprint density at radius 1 is 1.16 bits per heavy atom. The molecular formula is C18H22N2O2S3. The fraction of sp³-hybridized carbons (Fsp3) is 0.333. The summed E-state index contributed by atoms with van der Waals surface area (Å²) in [4.78, 5) is 3.26. The minimum atomic E-state index is -3.30. The summed E-state index contributed by atoms with van der Waals surface area (Å²) in [7, 11) is -3.30. The van der Waals surface area contributed by atoms with Gasteiger partial charge in [-0.05, 0) is 41.3 Å². The Balaban J connectivity index is 1.82. The van der Waals surface area contributed by atoms with Crippen LogP contribution >= 0.6 is 23.1 Å². The molecule has 134 valence electrons.